The second-order valence-electron chi connectivity index (χ2n) is 10.7. The number of anilines is 2. The highest BCUT2D eigenvalue weighted by molar-refractivity contribution is 8.26. The fourth-order valence-corrected chi connectivity index (χ4v) is 6.81. The van der Waals surface area contributed by atoms with Crippen LogP contribution >= 0.6 is 24.0 Å². The van der Waals surface area contributed by atoms with Gasteiger partial charge in [0.15, 0.2) is 0 Å². The minimum atomic E-state index is -0.254. The van der Waals surface area contributed by atoms with E-state index in [0.717, 1.165) is 69.7 Å². The molecule has 2 aliphatic heterocycles. The summed E-state index contributed by atoms with van der Waals surface area (Å²) in [6.07, 6.45) is 9.18. The molecule has 0 atom stereocenters. The van der Waals surface area contributed by atoms with Crippen LogP contribution in [0.5, 0.6) is 0 Å². The molecule has 1 aromatic carbocycles. The van der Waals surface area contributed by atoms with E-state index in [4.69, 9.17) is 12.2 Å². The predicted octanol–water partition coefficient (Wildman–Crippen LogP) is 6.33. The number of aromatic nitrogens is 1. The van der Waals surface area contributed by atoms with Gasteiger partial charge in [0, 0.05) is 50.5 Å². The summed E-state index contributed by atoms with van der Waals surface area (Å²) >= 11 is 6.94. The van der Waals surface area contributed by atoms with E-state index in [9.17, 15) is 14.9 Å². The first-order chi connectivity index (χ1) is 19.9. The number of nitriles is 1. The van der Waals surface area contributed by atoms with Gasteiger partial charge in [0.25, 0.3) is 11.5 Å². The van der Waals surface area contributed by atoms with Crippen LogP contribution in [0.2, 0.25) is 0 Å². The molecule has 41 heavy (non-hydrogen) atoms. The number of para-hydroxylation sites is 1. The number of unbranched alkanes of at least 4 members (excludes halogenated alkanes) is 5. The number of thioether (sulfide) groups is 1. The highest BCUT2D eigenvalue weighted by atomic mass is 32.2. The molecule has 2 fully saturated rings. The Hall–Kier alpha value is -3.09. The smallest absolute Gasteiger partial charge is 0.270 e. The number of piperazine rings is 1. The van der Waals surface area contributed by atoms with E-state index < -0.39 is 0 Å². The number of rotatable bonds is 12. The number of thiocarbonyl (C=S) groups is 1. The number of carbonyl (C=O) groups excluding carboxylic acids is 1. The van der Waals surface area contributed by atoms with E-state index in [-0.39, 0.29) is 17.0 Å². The van der Waals surface area contributed by atoms with E-state index in [1.165, 1.54) is 30.3 Å². The Balaban J connectivity index is 1.70. The van der Waals surface area contributed by atoms with Gasteiger partial charge in [0.05, 0.1) is 4.91 Å². The molecule has 7 nitrogen and oxygen atoms in total. The van der Waals surface area contributed by atoms with Crippen molar-refractivity contribution in [1.29, 1.82) is 5.26 Å². The molecule has 2 aliphatic rings. The van der Waals surface area contributed by atoms with E-state index >= 15 is 0 Å². The van der Waals surface area contributed by atoms with Gasteiger partial charge in [0.1, 0.15) is 21.8 Å². The average molecular weight is 592 g/mol. The molecule has 218 valence electrons. The fraction of sp³-hybridized carbons (Fsp3) is 0.500. The number of hydrogen-bond acceptors (Lipinski definition) is 7. The first-order valence-corrected chi connectivity index (χ1v) is 16.1. The summed E-state index contributed by atoms with van der Waals surface area (Å²) in [4.78, 5) is 34.0. The molecule has 1 aromatic heterocycles. The molecular formula is C32H41N5O2S2. The SMILES string of the molecule is CCCCCCCN1C(=O)/C(=C/c2c(C)c(C#N)c(=O)n(CCCC)c2N2CCN(c3ccccc3)CC2)SC1=S. The molecule has 0 radical (unpaired) electrons. The van der Waals surface area contributed by atoms with Crippen LogP contribution in [0, 0.1) is 18.3 Å². The van der Waals surface area contributed by atoms with Gasteiger partial charge >= 0.3 is 0 Å². The standard InChI is InChI=1S/C32H41N5O2S2/c1-4-6-8-9-13-17-37-31(39)28(41-32(37)40)22-26-24(3)27(23-33)30(38)36(16-7-5-2)29(26)35-20-18-34(19-21-35)25-14-11-10-12-15-25/h10-12,14-15,22H,4-9,13,16-21H2,1-3H3/b28-22-. The third-order valence-corrected chi connectivity index (χ3v) is 9.29. The van der Waals surface area contributed by atoms with Crippen LogP contribution < -0.4 is 15.4 Å². The molecule has 9 heteroatoms. The van der Waals surface area contributed by atoms with Crippen LogP contribution in [-0.2, 0) is 11.3 Å². The summed E-state index contributed by atoms with van der Waals surface area (Å²) in [5.41, 5.74) is 2.47. The zero-order valence-electron chi connectivity index (χ0n) is 24.5. The van der Waals surface area contributed by atoms with Crippen molar-refractivity contribution in [3.8, 4) is 6.07 Å². The minimum Gasteiger partial charge on any atom is -0.368 e. The van der Waals surface area contributed by atoms with Crippen molar-refractivity contribution in [2.75, 3.05) is 42.5 Å². The third-order valence-electron chi connectivity index (χ3n) is 7.92. The lowest BCUT2D eigenvalue weighted by molar-refractivity contribution is -0.122. The molecular weight excluding hydrogens is 551 g/mol. The molecule has 2 aromatic rings. The number of pyridine rings is 1. The van der Waals surface area contributed by atoms with Crippen LogP contribution in [0.4, 0.5) is 11.5 Å². The van der Waals surface area contributed by atoms with E-state index in [1.54, 1.807) is 9.47 Å². The summed E-state index contributed by atoms with van der Waals surface area (Å²) in [5, 5.41) is 9.99. The highest BCUT2D eigenvalue weighted by Crippen LogP contribution is 2.36. The first-order valence-electron chi connectivity index (χ1n) is 14.9. The van der Waals surface area contributed by atoms with Crippen LogP contribution in [0.3, 0.4) is 0 Å². The van der Waals surface area contributed by atoms with Gasteiger partial charge in [-0.2, -0.15) is 5.26 Å². The first kappa shape index (κ1) is 30.9. The molecule has 0 bridgehead atoms. The van der Waals surface area contributed by atoms with Crippen LogP contribution in [0.25, 0.3) is 6.08 Å². The largest absolute Gasteiger partial charge is 0.368 e. The van der Waals surface area contributed by atoms with Gasteiger partial charge in [0.2, 0.25) is 0 Å². The van der Waals surface area contributed by atoms with Crippen molar-refractivity contribution in [1.82, 2.24) is 9.47 Å². The van der Waals surface area contributed by atoms with Gasteiger partial charge in [-0.15, -0.1) is 0 Å². The van der Waals surface area contributed by atoms with Crippen molar-refractivity contribution >= 4 is 51.8 Å². The molecule has 4 rings (SSSR count). The van der Waals surface area contributed by atoms with Gasteiger partial charge in [-0.05, 0) is 43.5 Å². The lowest BCUT2D eigenvalue weighted by atomic mass is 10.0. The molecule has 1 amide bonds. The second-order valence-corrected chi connectivity index (χ2v) is 12.4. The van der Waals surface area contributed by atoms with E-state index in [0.29, 0.717) is 27.9 Å². The van der Waals surface area contributed by atoms with Crippen molar-refractivity contribution < 1.29 is 4.79 Å². The quantitative estimate of drug-likeness (QED) is 0.162. The topological polar surface area (TPSA) is 72.6 Å². The van der Waals surface area contributed by atoms with Crippen molar-refractivity contribution in [3.63, 3.8) is 0 Å². The van der Waals surface area contributed by atoms with Crippen molar-refractivity contribution in [2.24, 2.45) is 0 Å². The lowest BCUT2D eigenvalue weighted by Crippen LogP contribution is -2.48. The number of amides is 1. The van der Waals surface area contributed by atoms with Gasteiger partial charge < -0.3 is 9.80 Å². The Morgan fingerprint density at radius 3 is 2.24 bits per heavy atom. The zero-order valence-corrected chi connectivity index (χ0v) is 26.2. The number of hydrogen-bond donors (Lipinski definition) is 0. The monoisotopic (exact) mass is 591 g/mol. The molecule has 2 saturated heterocycles. The number of benzene rings is 1. The summed E-state index contributed by atoms with van der Waals surface area (Å²) in [6.45, 7) is 10.3. The Bertz CT molecular complexity index is 1370. The van der Waals surface area contributed by atoms with Gasteiger partial charge in [-0.1, -0.05) is 88.1 Å². The molecule has 3 heterocycles. The molecule has 0 N–H and O–H groups in total. The maximum atomic E-state index is 13.6. The number of carbonyl (C=O) groups is 1. The van der Waals surface area contributed by atoms with Crippen LogP contribution in [-0.4, -0.2) is 52.4 Å². The summed E-state index contributed by atoms with van der Waals surface area (Å²) < 4.78 is 2.35. The maximum absolute atomic E-state index is 13.6. The Kier molecular flexibility index (Phi) is 11.1. The van der Waals surface area contributed by atoms with Crippen LogP contribution in [0.15, 0.2) is 40.0 Å². The molecule has 0 saturated carbocycles. The van der Waals surface area contributed by atoms with E-state index in [2.05, 4.69) is 41.8 Å². The average Bonchev–Trinajstić information content (AvgIpc) is 3.26. The normalized spacial score (nSPS) is 16.6. The Morgan fingerprint density at radius 2 is 1.59 bits per heavy atom. The fourth-order valence-electron chi connectivity index (χ4n) is 5.52. The maximum Gasteiger partial charge on any atom is 0.270 e. The molecule has 0 aliphatic carbocycles. The predicted molar refractivity (Wildman–Crippen MR) is 175 cm³/mol. The summed E-state index contributed by atoms with van der Waals surface area (Å²) in [5.74, 6) is 0.719. The second kappa shape index (κ2) is 14.7. The summed E-state index contributed by atoms with van der Waals surface area (Å²) in [7, 11) is 0. The summed E-state index contributed by atoms with van der Waals surface area (Å²) in [6, 6.07) is 12.5. The Morgan fingerprint density at radius 1 is 0.927 bits per heavy atom. The molecule has 0 spiro atoms. The Labute approximate surface area is 253 Å². The lowest BCUT2D eigenvalue weighted by Gasteiger charge is -2.39. The van der Waals surface area contributed by atoms with Crippen molar-refractivity contribution in [3.05, 3.63) is 62.3 Å². The van der Waals surface area contributed by atoms with E-state index in [1.807, 2.05) is 31.2 Å². The van der Waals surface area contributed by atoms with Crippen LogP contribution in [0.1, 0.15) is 75.5 Å². The number of nitrogens with zero attached hydrogens (tertiary/aromatic N) is 5. The third kappa shape index (κ3) is 7.04. The highest BCUT2D eigenvalue weighted by Gasteiger charge is 2.33. The zero-order chi connectivity index (χ0) is 29.4. The van der Waals surface area contributed by atoms with Gasteiger partial charge in [-0.3, -0.25) is 19.1 Å². The van der Waals surface area contributed by atoms with Crippen molar-refractivity contribution in [2.45, 2.75) is 72.3 Å². The van der Waals surface area contributed by atoms with Gasteiger partial charge in [-0.25, -0.2) is 0 Å². The molecule has 0 unspecified atom stereocenters. The minimum absolute atomic E-state index is 0.0837.